The number of allylic oxidation sites excluding steroid dienone is 1. The predicted octanol–water partition coefficient (Wildman–Crippen LogP) is 4.02. The van der Waals surface area contributed by atoms with Crippen LogP contribution in [0, 0.1) is 0 Å². The van der Waals surface area contributed by atoms with Gasteiger partial charge in [0.25, 0.3) is 0 Å². The number of carbonyl (C=O) groups excluding carboxylic acids is 2. The van der Waals surface area contributed by atoms with E-state index in [1.165, 1.54) is 7.11 Å². The molecule has 3 aromatic carbocycles. The number of hydrogen-bond donors (Lipinski definition) is 2. The summed E-state index contributed by atoms with van der Waals surface area (Å²) < 4.78 is 10.8. The zero-order chi connectivity index (χ0) is 22.0. The minimum Gasteiger partial charge on any atom is -0.466 e. The minimum absolute atomic E-state index is 0.337. The number of benzene rings is 3. The van der Waals surface area contributed by atoms with E-state index in [2.05, 4.69) is 10.6 Å². The Morgan fingerprint density at radius 3 is 2.39 bits per heavy atom. The van der Waals surface area contributed by atoms with E-state index < -0.39 is 18.0 Å². The van der Waals surface area contributed by atoms with Crippen LogP contribution in [-0.2, 0) is 9.53 Å². The Kier molecular flexibility index (Phi) is 5.68. The molecule has 1 unspecified atom stereocenters. The Morgan fingerprint density at radius 2 is 1.65 bits per heavy atom. The predicted molar refractivity (Wildman–Crippen MR) is 122 cm³/mol. The monoisotopic (exact) mass is 432 g/mol. The lowest BCUT2D eigenvalue weighted by Crippen LogP contribution is -2.45. The molecule has 156 valence electrons. The van der Waals surface area contributed by atoms with Gasteiger partial charge in [-0.15, -0.1) is 0 Å². The summed E-state index contributed by atoms with van der Waals surface area (Å²) in [5.41, 5.74) is 2.00. The molecule has 1 heterocycles. The Labute approximate surface area is 184 Å². The molecule has 0 saturated heterocycles. The summed E-state index contributed by atoms with van der Waals surface area (Å²) in [5, 5.41) is 8.24. The van der Waals surface area contributed by atoms with Crippen molar-refractivity contribution in [3.8, 4) is 5.75 Å². The average Bonchev–Trinajstić information content (AvgIpc) is 2.78. The van der Waals surface area contributed by atoms with Gasteiger partial charge in [0.15, 0.2) is 5.11 Å². The van der Waals surface area contributed by atoms with Gasteiger partial charge in [0.05, 0.1) is 24.3 Å². The van der Waals surface area contributed by atoms with E-state index >= 15 is 0 Å². The molecule has 7 heteroatoms. The maximum Gasteiger partial charge on any atom is 0.343 e. The van der Waals surface area contributed by atoms with Crippen LogP contribution in [-0.4, -0.2) is 24.2 Å². The Morgan fingerprint density at radius 1 is 0.935 bits per heavy atom. The fourth-order valence-corrected chi connectivity index (χ4v) is 3.96. The summed E-state index contributed by atoms with van der Waals surface area (Å²) in [6.45, 7) is 1.76. The first-order valence-electron chi connectivity index (χ1n) is 9.65. The van der Waals surface area contributed by atoms with Gasteiger partial charge in [-0.05, 0) is 48.1 Å². The second-order valence-corrected chi connectivity index (χ2v) is 7.42. The van der Waals surface area contributed by atoms with Crippen LogP contribution in [0.1, 0.15) is 28.9 Å². The second kappa shape index (κ2) is 8.57. The molecule has 0 saturated carbocycles. The molecule has 0 aromatic heterocycles. The van der Waals surface area contributed by atoms with Gasteiger partial charge in [-0.3, -0.25) is 0 Å². The summed E-state index contributed by atoms with van der Waals surface area (Å²) in [6, 6.07) is 19.4. The first-order chi connectivity index (χ1) is 15.0. The van der Waals surface area contributed by atoms with Gasteiger partial charge in [-0.1, -0.05) is 48.5 Å². The van der Waals surface area contributed by atoms with E-state index in [1.807, 2.05) is 36.4 Å². The third kappa shape index (κ3) is 4.00. The van der Waals surface area contributed by atoms with Gasteiger partial charge in [-0.25, -0.2) is 9.59 Å². The van der Waals surface area contributed by atoms with Crippen molar-refractivity contribution >= 4 is 40.0 Å². The molecule has 0 amide bonds. The Hall–Kier alpha value is -3.71. The van der Waals surface area contributed by atoms with Gasteiger partial charge in [0, 0.05) is 11.3 Å². The summed E-state index contributed by atoms with van der Waals surface area (Å²) in [7, 11) is 1.33. The van der Waals surface area contributed by atoms with Gasteiger partial charge in [-0.2, -0.15) is 0 Å². The molecule has 31 heavy (non-hydrogen) atoms. The zero-order valence-corrected chi connectivity index (χ0v) is 17.8. The van der Waals surface area contributed by atoms with Gasteiger partial charge in [0.1, 0.15) is 5.75 Å². The van der Waals surface area contributed by atoms with E-state index in [9.17, 15) is 9.59 Å². The van der Waals surface area contributed by atoms with Crippen molar-refractivity contribution in [3.05, 3.63) is 89.1 Å². The molecule has 1 aliphatic rings. The average molecular weight is 433 g/mol. The number of nitrogens with one attached hydrogen (secondary N) is 2. The number of thiocarbonyl (C=S) groups is 1. The number of rotatable bonds is 4. The van der Waals surface area contributed by atoms with Crippen molar-refractivity contribution in [2.24, 2.45) is 0 Å². The lowest BCUT2D eigenvalue weighted by molar-refractivity contribution is -0.136. The number of ether oxygens (including phenoxy) is 2. The smallest absolute Gasteiger partial charge is 0.343 e. The molecular weight excluding hydrogens is 412 g/mol. The number of esters is 2. The normalized spacial score (nSPS) is 15.8. The minimum atomic E-state index is -0.661. The number of hydrogen-bond acceptors (Lipinski definition) is 5. The zero-order valence-electron chi connectivity index (χ0n) is 17.0. The topological polar surface area (TPSA) is 76.7 Å². The van der Waals surface area contributed by atoms with Crippen LogP contribution in [0.3, 0.4) is 0 Å². The first kappa shape index (κ1) is 20.6. The van der Waals surface area contributed by atoms with Crippen molar-refractivity contribution in [1.82, 2.24) is 10.6 Å². The summed E-state index contributed by atoms with van der Waals surface area (Å²) >= 11 is 5.35. The van der Waals surface area contributed by atoms with Crippen molar-refractivity contribution in [1.29, 1.82) is 0 Å². The molecule has 3 aromatic rings. The number of carbonyl (C=O) groups is 2. The molecule has 0 aliphatic carbocycles. The van der Waals surface area contributed by atoms with Crippen molar-refractivity contribution in [2.75, 3.05) is 7.11 Å². The summed E-state index contributed by atoms with van der Waals surface area (Å²) in [6.07, 6.45) is 0. The second-order valence-electron chi connectivity index (χ2n) is 7.02. The van der Waals surface area contributed by atoms with Crippen LogP contribution >= 0.6 is 12.2 Å². The SMILES string of the molecule is COC(=O)C1=C(C)NC(=S)NC1c1c(OC(=O)c2ccccc2)ccc2ccccc12. The Balaban J connectivity index is 1.90. The van der Waals surface area contributed by atoms with Gasteiger partial charge in [0.2, 0.25) is 0 Å². The first-order valence-corrected chi connectivity index (χ1v) is 10.1. The molecule has 0 bridgehead atoms. The quantitative estimate of drug-likeness (QED) is 0.366. The Bertz CT molecular complexity index is 1220. The molecule has 0 spiro atoms. The van der Waals surface area contributed by atoms with E-state index in [1.54, 1.807) is 37.3 Å². The summed E-state index contributed by atoms with van der Waals surface area (Å²) in [5.74, 6) is -0.656. The highest BCUT2D eigenvalue weighted by Crippen LogP contribution is 2.39. The van der Waals surface area contributed by atoms with Crippen LogP contribution in [0.25, 0.3) is 10.8 Å². The molecule has 2 N–H and O–H groups in total. The molecule has 4 rings (SSSR count). The largest absolute Gasteiger partial charge is 0.466 e. The standard InChI is InChI=1S/C24H20N2O4S/c1-14-19(23(28)29-2)21(26-24(31)25-14)20-17-11-7-6-8-15(17)12-13-18(20)30-22(27)16-9-4-3-5-10-16/h3-13,21H,1-2H3,(H2,25,26,31). The van der Waals surface area contributed by atoms with Crippen LogP contribution in [0.2, 0.25) is 0 Å². The van der Waals surface area contributed by atoms with Crippen LogP contribution < -0.4 is 15.4 Å². The number of methoxy groups -OCH3 is 1. The van der Waals surface area contributed by atoms with E-state index in [-0.39, 0.29) is 0 Å². The molecule has 1 aliphatic heterocycles. The third-order valence-electron chi connectivity index (χ3n) is 5.11. The lowest BCUT2D eigenvalue weighted by Gasteiger charge is -2.31. The van der Waals surface area contributed by atoms with E-state index in [0.29, 0.717) is 33.3 Å². The third-order valence-corrected chi connectivity index (χ3v) is 5.33. The van der Waals surface area contributed by atoms with Crippen LogP contribution in [0.15, 0.2) is 78.0 Å². The highest BCUT2D eigenvalue weighted by Gasteiger charge is 2.34. The lowest BCUT2D eigenvalue weighted by atomic mass is 9.90. The van der Waals surface area contributed by atoms with E-state index in [0.717, 1.165) is 10.8 Å². The molecule has 6 nitrogen and oxygen atoms in total. The van der Waals surface area contributed by atoms with Crippen LogP contribution in [0.5, 0.6) is 5.75 Å². The fourth-order valence-electron chi connectivity index (χ4n) is 3.69. The van der Waals surface area contributed by atoms with E-state index in [4.69, 9.17) is 21.7 Å². The maximum atomic E-state index is 12.8. The van der Waals surface area contributed by atoms with Crippen LogP contribution in [0.4, 0.5) is 0 Å². The maximum absolute atomic E-state index is 12.8. The van der Waals surface area contributed by atoms with Crippen molar-refractivity contribution in [2.45, 2.75) is 13.0 Å². The fraction of sp³-hybridized carbons (Fsp3) is 0.125. The molecular formula is C24H20N2O4S. The van der Waals surface area contributed by atoms with Gasteiger partial charge < -0.3 is 20.1 Å². The summed E-state index contributed by atoms with van der Waals surface area (Å²) in [4.78, 5) is 25.4. The molecule has 0 radical (unpaired) electrons. The molecule has 0 fully saturated rings. The number of fused-ring (bicyclic) bond motifs is 1. The highest BCUT2D eigenvalue weighted by atomic mass is 32.1. The van der Waals surface area contributed by atoms with Crippen molar-refractivity contribution < 1.29 is 19.1 Å². The highest BCUT2D eigenvalue weighted by molar-refractivity contribution is 7.80. The molecule has 1 atom stereocenters. The van der Waals surface area contributed by atoms with Gasteiger partial charge >= 0.3 is 11.9 Å². The van der Waals surface area contributed by atoms with Crippen molar-refractivity contribution in [3.63, 3.8) is 0 Å².